The van der Waals surface area contributed by atoms with E-state index in [0.717, 1.165) is 17.8 Å². The summed E-state index contributed by atoms with van der Waals surface area (Å²) in [6.07, 6.45) is 7.61. The summed E-state index contributed by atoms with van der Waals surface area (Å²) in [6, 6.07) is 23.7. The molecule has 2 nitrogen and oxygen atoms in total. The van der Waals surface area contributed by atoms with Gasteiger partial charge in [0.2, 0.25) is 0 Å². The molecule has 2 heterocycles. The molecule has 26 heavy (non-hydrogen) atoms. The molecule has 3 aromatic carbocycles. The van der Waals surface area contributed by atoms with Gasteiger partial charge in [0.25, 0.3) is 0 Å². The Morgan fingerprint density at radius 1 is 0.808 bits per heavy atom. The molecule has 1 aliphatic heterocycles. The molecule has 0 fully saturated rings. The number of nitrogens with zero attached hydrogens (tertiary/aromatic N) is 2. The van der Waals surface area contributed by atoms with Gasteiger partial charge in [-0.2, -0.15) is 0 Å². The van der Waals surface area contributed by atoms with Crippen molar-refractivity contribution >= 4 is 38.8 Å². The zero-order chi connectivity index (χ0) is 17.1. The first-order chi connectivity index (χ1) is 12.9. The van der Waals surface area contributed by atoms with Gasteiger partial charge in [-0.15, -0.1) is 0 Å². The summed E-state index contributed by atoms with van der Waals surface area (Å²) in [5, 5.41) is 2.59. The summed E-state index contributed by atoms with van der Waals surface area (Å²) in [4.78, 5) is 4.86. The van der Waals surface area contributed by atoms with E-state index in [0.29, 0.717) is 0 Å². The van der Waals surface area contributed by atoms with Crippen LogP contribution in [0, 0.1) is 0 Å². The van der Waals surface area contributed by atoms with Crippen molar-refractivity contribution in [2.75, 3.05) is 0 Å². The Balaban J connectivity index is 1.80. The van der Waals surface area contributed by atoms with E-state index < -0.39 is 0 Å². The highest BCUT2D eigenvalue weighted by molar-refractivity contribution is 6.38. The van der Waals surface area contributed by atoms with E-state index in [1.165, 1.54) is 38.6 Å². The van der Waals surface area contributed by atoms with Gasteiger partial charge in [-0.3, -0.25) is 0 Å². The van der Waals surface area contributed by atoms with Crippen molar-refractivity contribution < 1.29 is 0 Å². The van der Waals surface area contributed by atoms with E-state index in [9.17, 15) is 0 Å². The summed E-state index contributed by atoms with van der Waals surface area (Å²) < 4.78 is 2.36. The quantitative estimate of drug-likeness (QED) is 0.394. The van der Waals surface area contributed by atoms with E-state index in [1.54, 1.807) is 0 Å². The summed E-state index contributed by atoms with van der Waals surface area (Å²) >= 11 is 0. The van der Waals surface area contributed by atoms with Crippen LogP contribution in [-0.2, 0) is 0 Å². The van der Waals surface area contributed by atoms with Crippen molar-refractivity contribution in [3.8, 4) is 5.69 Å². The van der Waals surface area contributed by atoms with Crippen LogP contribution in [-0.4, -0.2) is 10.3 Å². The van der Waals surface area contributed by atoms with Crippen molar-refractivity contribution in [1.29, 1.82) is 0 Å². The van der Waals surface area contributed by atoms with E-state index >= 15 is 0 Å². The molecule has 6 rings (SSSR count). The fourth-order valence-corrected chi connectivity index (χ4v) is 4.29. The maximum atomic E-state index is 4.86. The minimum Gasteiger partial charge on any atom is -0.309 e. The lowest BCUT2D eigenvalue weighted by Gasteiger charge is -2.09. The number of rotatable bonds is 1. The van der Waals surface area contributed by atoms with Crippen LogP contribution in [0.3, 0.4) is 0 Å². The lowest BCUT2D eigenvalue weighted by atomic mass is 9.94. The third kappa shape index (κ3) is 1.73. The van der Waals surface area contributed by atoms with Crippen LogP contribution < -0.4 is 0 Å². The topological polar surface area (TPSA) is 17.3 Å². The number of para-hydroxylation sites is 2. The summed E-state index contributed by atoms with van der Waals surface area (Å²) in [7, 11) is 0. The molecule has 122 valence electrons. The molecular formula is C24H16N2. The Kier molecular flexibility index (Phi) is 2.69. The number of hydrogen-bond acceptors (Lipinski definition) is 1. The lowest BCUT2D eigenvalue weighted by Crippen LogP contribution is -1.97. The van der Waals surface area contributed by atoms with Crippen LogP contribution in [0.5, 0.6) is 0 Å². The highest BCUT2D eigenvalue weighted by atomic mass is 15.0. The maximum absolute atomic E-state index is 4.86. The van der Waals surface area contributed by atoms with Crippen molar-refractivity contribution in [1.82, 2.24) is 4.57 Å². The molecule has 2 aliphatic rings. The molecule has 4 aromatic rings. The lowest BCUT2D eigenvalue weighted by molar-refractivity contribution is 1.18. The van der Waals surface area contributed by atoms with Gasteiger partial charge in [-0.1, -0.05) is 48.6 Å². The zero-order valence-electron chi connectivity index (χ0n) is 14.2. The highest BCUT2D eigenvalue weighted by Gasteiger charge is 2.26. The largest absolute Gasteiger partial charge is 0.309 e. The average Bonchev–Trinajstić information content (AvgIpc) is 3.24. The third-order valence-corrected chi connectivity index (χ3v) is 5.35. The molecule has 0 bridgehead atoms. The van der Waals surface area contributed by atoms with Crippen LogP contribution in [0.25, 0.3) is 33.1 Å². The Bertz CT molecular complexity index is 1280. The van der Waals surface area contributed by atoms with E-state index in [1.807, 2.05) is 0 Å². The molecule has 0 N–H and O–H groups in total. The van der Waals surface area contributed by atoms with Gasteiger partial charge in [0.1, 0.15) is 0 Å². The van der Waals surface area contributed by atoms with E-state index in [-0.39, 0.29) is 0 Å². The Morgan fingerprint density at radius 2 is 1.65 bits per heavy atom. The predicted molar refractivity (Wildman–Crippen MR) is 110 cm³/mol. The fraction of sp³-hybridized carbons (Fsp3) is 0.0417. The summed E-state index contributed by atoms with van der Waals surface area (Å²) in [5.41, 5.74) is 8.41. The van der Waals surface area contributed by atoms with Crippen molar-refractivity contribution in [2.24, 2.45) is 4.99 Å². The zero-order valence-corrected chi connectivity index (χ0v) is 14.2. The number of aliphatic imine (C=N–C) groups is 1. The summed E-state index contributed by atoms with van der Waals surface area (Å²) in [6.45, 7) is 0. The maximum Gasteiger partial charge on any atom is 0.0724 e. The molecule has 0 spiro atoms. The standard InChI is InChI=1S/C24H16N2/c1-2-8-16(9-3-1)26-21-13-7-5-11-18(21)24-22(26)15-14-20-23(24)17-10-4-6-12-19(17)25-20/h1-3,5-15H,4H2. The molecule has 0 saturated heterocycles. The van der Waals surface area contributed by atoms with Gasteiger partial charge in [0, 0.05) is 27.6 Å². The number of benzene rings is 3. The molecule has 2 heteroatoms. The molecule has 0 amide bonds. The van der Waals surface area contributed by atoms with Crippen molar-refractivity contribution in [2.45, 2.75) is 6.42 Å². The second-order valence-electron chi connectivity index (χ2n) is 6.79. The Morgan fingerprint density at radius 3 is 2.58 bits per heavy atom. The van der Waals surface area contributed by atoms with Crippen LogP contribution in [0.15, 0.2) is 90.0 Å². The molecule has 1 aliphatic carbocycles. The van der Waals surface area contributed by atoms with Crippen molar-refractivity contribution in [3.63, 3.8) is 0 Å². The predicted octanol–water partition coefficient (Wildman–Crippen LogP) is 6.21. The van der Waals surface area contributed by atoms with Gasteiger partial charge in [0.15, 0.2) is 0 Å². The first kappa shape index (κ1) is 13.9. The number of hydrogen-bond donors (Lipinski definition) is 0. The molecule has 0 radical (unpaired) electrons. The number of fused-ring (bicyclic) bond motifs is 7. The van der Waals surface area contributed by atoms with Gasteiger partial charge in [-0.25, -0.2) is 4.99 Å². The average molecular weight is 332 g/mol. The van der Waals surface area contributed by atoms with Crippen LogP contribution in [0.4, 0.5) is 5.69 Å². The minimum absolute atomic E-state index is 0.974. The monoisotopic (exact) mass is 332 g/mol. The van der Waals surface area contributed by atoms with Crippen molar-refractivity contribution in [3.05, 3.63) is 90.5 Å². The molecular weight excluding hydrogens is 316 g/mol. The first-order valence-corrected chi connectivity index (χ1v) is 8.99. The first-order valence-electron chi connectivity index (χ1n) is 8.99. The number of allylic oxidation sites excluding steroid dienone is 4. The normalized spacial score (nSPS) is 15.1. The molecule has 1 aromatic heterocycles. The van der Waals surface area contributed by atoms with Gasteiger partial charge >= 0.3 is 0 Å². The van der Waals surface area contributed by atoms with E-state index in [4.69, 9.17) is 4.99 Å². The smallest absolute Gasteiger partial charge is 0.0724 e. The second-order valence-corrected chi connectivity index (χ2v) is 6.79. The molecule has 0 saturated carbocycles. The van der Waals surface area contributed by atoms with Gasteiger partial charge < -0.3 is 4.57 Å². The SMILES string of the molecule is C1=CC2=Nc3ccc4c(c3C2=CC1)c1ccccc1n4-c1ccccc1. The third-order valence-electron chi connectivity index (χ3n) is 5.35. The highest BCUT2D eigenvalue weighted by Crippen LogP contribution is 2.45. The van der Waals surface area contributed by atoms with Crippen LogP contribution in [0.2, 0.25) is 0 Å². The van der Waals surface area contributed by atoms with Crippen LogP contribution >= 0.6 is 0 Å². The minimum atomic E-state index is 0.974. The van der Waals surface area contributed by atoms with Crippen LogP contribution in [0.1, 0.15) is 12.0 Å². The van der Waals surface area contributed by atoms with Gasteiger partial charge in [-0.05, 0) is 42.8 Å². The number of aromatic nitrogens is 1. The van der Waals surface area contributed by atoms with E-state index in [2.05, 4.69) is 89.5 Å². The Hall–Kier alpha value is -3.39. The van der Waals surface area contributed by atoms with Gasteiger partial charge in [0.05, 0.1) is 22.4 Å². The summed E-state index contributed by atoms with van der Waals surface area (Å²) in [5.74, 6) is 0. The fourth-order valence-electron chi connectivity index (χ4n) is 4.29. The molecule has 0 unspecified atom stereocenters. The second kappa shape index (κ2) is 5.06. The Labute approximate surface area is 151 Å². The molecule has 0 atom stereocenters.